The van der Waals surface area contributed by atoms with Crippen LogP contribution in [0.4, 0.5) is 4.39 Å². The Morgan fingerprint density at radius 3 is 2.22 bits per heavy atom. The van der Waals surface area contributed by atoms with E-state index in [1.807, 2.05) is 68.1 Å². The zero-order chi connectivity index (χ0) is 56.7. The van der Waals surface area contributed by atoms with Gasteiger partial charge >= 0.3 is 5.97 Å². The molecule has 3 aliphatic heterocycles. The average Bonchev–Trinajstić information content (AvgIpc) is 3.88. The van der Waals surface area contributed by atoms with Crippen molar-refractivity contribution in [3.8, 4) is 17.0 Å². The number of aliphatic hydroxyl groups is 5. The molecular weight excluding hydrogens is 1000 g/mol. The molecule has 20 nitrogen and oxygen atoms in total. The summed E-state index contributed by atoms with van der Waals surface area (Å²) in [5.41, 5.74) is -1.37. The Kier molecular flexibility index (Phi) is 21.6. The topological polar surface area (TPSA) is 242 Å². The molecular formula is C56H89FN6O14. The molecule has 0 saturated carbocycles. The minimum absolute atomic E-state index is 0.0881. The molecule has 0 bridgehead atoms. The monoisotopic (exact) mass is 1090 g/mol. The lowest BCUT2D eigenvalue weighted by Gasteiger charge is -2.47. The lowest BCUT2D eigenvalue weighted by Crippen LogP contribution is -2.59. The van der Waals surface area contributed by atoms with Gasteiger partial charge in [0.1, 0.15) is 48.8 Å². The molecule has 19 atom stereocenters. The molecule has 6 rings (SSSR count). The number of rotatable bonds is 17. The number of carbonyl (C=O) groups is 1. The highest BCUT2D eigenvalue weighted by atomic mass is 19.1. The van der Waals surface area contributed by atoms with E-state index in [1.54, 1.807) is 67.1 Å². The first-order valence-corrected chi connectivity index (χ1v) is 27.2. The van der Waals surface area contributed by atoms with E-state index < -0.39 is 121 Å². The maximum atomic E-state index is 15.0. The number of nitrogens with zero attached hydrogens (tertiary/aromatic N) is 6. The SMILES string of the molecule is CC[C@H]1OC(=O)[C@H](C)[C@@H](O[C@H]2C[C@@](C)(OC)[C@@H](O)[C@H](C)O2)C[C@@H](O[C@@H]2O[C@H](C)C[C@H](N(C)CCc3cn([C@H](CF)[C@H](OC)c4ccc(-c5ccc(OC)nc5)cc4)nn3)[C@H]2O)[C@](C)(O)C[C@@H](C)CN(C)[C@H](C)[C@@H](O)[C@]1(C)O. The molecule has 1 aromatic carbocycles. The summed E-state index contributed by atoms with van der Waals surface area (Å²) in [6.45, 7) is 15.6. The van der Waals surface area contributed by atoms with Crippen molar-refractivity contribution in [1.82, 2.24) is 29.8 Å². The summed E-state index contributed by atoms with van der Waals surface area (Å²) >= 11 is 0. The van der Waals surface area contributed by atoms with Crippen molar-refractivity contribution in [2.75, 3.05) is 55.2 Å². The Morgan fingerprint density at radius 2 is 1.61 bits per heavy atom. The molecule has 3 saturated heterocycles. The molecule has 0 unspecified atom stereocenters. The number of alkyl halides is 1. The predicted molar refractivity (Wildman–Crippen MR) is 283 cm³/mol. The van der Waals surface area contributed by atoms with Crippen molar-refractivity contribution < 1.29 is 72.6 Å². The van der Waals surface area contributed by atoms with Gasteiger partial charge in [-0.15, -0.1) is 5.10 Å². The van der Waals surface area contributed by atoms with E-state index in [4.69, 9.17) is 37.9 Å². The Hall–Kier alpha value is -3.81. The van der Waals surface area contributed by atoms with Crippen molar-refractivity contribution in [2.45, 2.75) is 203 Å². The summed E-state index contributed by atoms with van der Waals surface area (Å²) in [6, 6.07) is 9.47. The number of halogens is 1. The maximum absolute atomic E-state index is 15.0. The Labute approximate surface area is 454 Å². The summed E-state index contributed by atoms with van der Waals surface area (Å²) in [4.78, 5) is 22.6. The highest BCUT2D eigenvalue weighted by molar-refractivity contribution is 5.73. The van der Waals surface area contributed by atoms with Crippen molar-refractivity contribution in [3.05, 3.63) is 60.0 Å². The lowest BCUT2D eigenvalue weighted by atomic mass is 9.83. The molecule has 434 valence electrons. The van der Waals surface area contributed by atoms with Crippen LogP contribution in [-0.2, 0) is 44.4 Å². The van der Waals surface area contributed by atoms with Crippen LogP contribution in [0.25, 0.3) is 11.1 Å². The highest BCUT2D eigenvalue weighted by Crippen LogP contribution is 2.39. The summed E-state index contributed by atoms with van der Waals surface area (Å²) in [5, 5.41) is 68.3. The highest BCUT2D eigenvalue weighted by Gasteiger charge is 2.51. The second-order valence-corrected chi connectivity index (χ2v) is 22.7. The number of benzene rings is 1. The van der Waals surface area contributed by atoms with Gasteiger partial charge in [-0.25, -0.2) is 14.1 Å². The van der Waals surface area contributed by atoms with E-state index in [1.165, 1.54) is 25.8 Å². The number of likely N-dealkylation sites (N-methyl/N-ethyl adjacent to an activating group) is 2. The molecule has 5 heterocycles. The first-order valence-electron chi connectivity index (χ1n) is 27.2. The lowest BCUT2D eigenvalue weighted by molar-refractivity contribution is -0.308. The van der Waals surface area contributed by atoms with Crippen molar-refractivity contribution in [2.24, 2.45) is 11.8 Å². The number of cyclic esters (lactones) is 1. The standard InChI is InChI=1S/C56H89FN6O14/c1-15-44-56(9,69)50(65)35(5)62(11)30-32(2)26-54(7,68)45(25-43(34(4)52(67)76-44)75-47-27-55(8,72-14)51(66)36(6)74-47)77-53-48(64)41(24-33(3)73-53)61(10)23-22-40-31-63(60-59-40)42(28-57)49(71-13)38-18-16-37(17-19-38)39-20-21-46(70-12)58-29-39/h16-21,29,31-36,41-45,47-51,53,64-66,68-69H,15,22-28,30H2,1-14H3/t32-,33-,34-,35-,36+,41+,42-,43+,44-,45-,47+,48-,49-,50-,51+,53+,54-,55-,56-/m1/s1. The molecule has 77 heavy (non-hydrogen) atoms. The molecule has 0 radical (unpaired) electrons. The van der Waals surface area contributed by atoms with Crippen LogP contribution in [0.15, 0.2) is 48.8 Å². The van der Waals surface area contributed by atoms with Gasteiger partial charge in [0, 0.05) is 82.7 Å². The second-order valence-electron chi connectivity index (χ2n) is 22.7. The molecule has 5 N–H and O–H groups in total. The molecule has 2 aromatic heterocycles. The smallest absolute Gasteiger partial charge is 0.311 e. The number of methoxy groups -OCH3 is 3. The van der Waals surface area contributed by atoms with Crippen LogP contribution in [0.3, 0.4) is 0 Å². The summed E-state index contributed by atoms with van der Waals surface area (Å²) in [6.07, 6.45) is -6.30. The van der Waals surface area contributed by atoms with Gasteiger partial charge in [-0.05, 0) is 105 Å². The van der Waals surface area contributed by atoms with E-state index in [9.17, 15) is 34.7 Å². The average molecular weight is 1090 g/mol. The summed E-state index contributed by atoms with van der Waals surface area (Å²) in [7, 11) is 8.30. The number of aromatic nitrogens is 4. The van der Waals surface area contributed by atoms with E-state index >= 15 is 0 Å². The third kappa shape index (κ3) is 14.8. The quantitative estimate of drug-likeness (QED) is 0.114. The number of aliphatic hydroxyl groups excluding tert-OH is 3. The van der Waals surface area contributed by atoms with E-state index in [2.05, 4.69) is 15.3 Å². The Morgan fingerprint density at radius 1 is 0.922 bits per heavy atom. The number of pyridine rings is 1. The van der Waals surface area contributed by atoms with Gasteiger partial charge in [-0.1, -0.05) is 43.3 Å². The molecule has 3 fully saturated rings. The van der Waals surface area contributed by atoms with Gasteiger partial charge in [0.15, 0.2) is 12.6 Å². The third-order valence-corrected chi connectivity index (χ3v) is 16.6. The first-order chi connectivity index (χ1) is 36.3. The van der Waals surface area contributed by atoms with Crippen LogP contribution in [-0.4, -0.2) is 207 Å². The molecule has 0 amide bonds. The third-order valence-electron chi connectivity index (χ3n) is 16.6. The molecule has 3 aliphatic rings. The van der Waals surface area contributed by atoms with Gasteiger partial charge < -0.3 is 73.2 Å². The minimum Gasteiger partial charge on any atom is -0.481 e. The largest absolute Gasteiger partial charge is 0.481 e. The number of hydrogen-bond donors (Lipinski definition) is 5. The normalized spacial score (nSPS) is 37.1. The number of hydrogen-bond acceptors (Lipinski definition) is 19. The van der Waals surface area contributed by atoms with E-state index in [0.29, 0.717) is 37.5 Å². The van der Waals surface area contributed by atoms with Gasteiger partial charge in [0.25, 0.3) is 0 Å². The van der Waals surface area contributed by atoms with Crippen LogP contribution in [0, 0.1) is 11.8 Å². The van der Waals surface area contributed by atoms with Crippen LogP contribution in [0.5, 0.6) is 5.88 Å². The van der Waals surface area contributed by atoms with Crippen LogP contribution >= 0.6 is 0 Å². The Bertz CT molecular complexity index is 2300. The zero-order valence-corrected chi connectivity index (χ0v) is 47.7. The van der Waals surface area contributed by atoms with Gasteiger partial charge in [-0.3, -0.25) is 4.79 Å². The molecule has 21 heteroatoms. The van der Waals surface area contributed by atoms with Crippen molar-refractivity contribution in [3.63, 3.8) is 0 Å². The zero-order valence-electron chi connectivity index (χ0n) is 47.7. The predicted octanol–water partition coefficient (Wildman–Crippen LogP) is 4.83. The number of esters is 1. The fourth-order valence-electron chi connectivity index (χ4n) is 11.5. The summed E-state index contributed by atoms with van der Waals surface area (Å²) < 4.78 is 65.5. The fourth-order valence-corrected chi connectivity index (χ4v) is 11.5. The van der Waals surface area contributed by atoms with Gasteiger partial charge in [-0.2, -0.15) is 0 Å². The molecule has 3 aromatic rings. The van der Waals surface area contributed by atoms with Gasteiger partial charge in [0.2, 0.25) is 5.88 Å². The fraction of sp³-hybridized carbons (Fsp3) is 0.750. The maximum Gasteiger partial charge on any atom is 0.311 e. The first kappa shape index (κ1) is 62.4. The molecule has 0 aliphatic carbocycles. The second kappa shape index (κ2) is 26.6. The van der Waals surface area contributed by atoms with Gasteiger partial charge in [0.05, 0.1) is 54.3 Å². The van der Waals surface area contributed by atoms with Crippen LogP contribution < -0.4 is 4.74 Å². The van der Waals surface area contributed by atoms with E-state index in [-0.39, 0.29) is 31.6 Å². The van der Waals surface area contributed by atoms with E-state index in [0.717, 1.165) is 16.7 Å². The number of carbonyl (C=O) groups excluding carboxylic acids is 1. The summed E-state index contributed by atoms with van der Waals surface area (Å²) in [5.74, 6) is -1.49. The van der Waals surface area contributed by atoms with Crippen molar-refractivity contribution >= 4 is 5.97 Å². The van der Waals surface area contributed by atoms with Crippen LogP contribution in [0.2, 0.25) is 0 Å². The Balaban J connectivity index is 1.22. The van der Waals surface area contributed by atoms with Crippen LogP contribution in [0.1, 0.15) is 118 Å². The number of ether oxygens (including phenoxy) is 8. The van der Waals surface area contributed by atoms with Crippen molar-refractivity contribution in [1.29, 1.82) is 0 Å². The minimum atomic E-state index is -1.85. The molecule has 0 spiro atoms.